The highest BCUT2D eigenvalue weighted by molar-refractivity contribution is 4.95. The Morgan fingerprint density at radius 2 is 2.28 bits per heavy atom. The number of aliphatic hydroxyl groups is 1. The Labute approximate surface area is 108 Å². The highest BCUT2D eigenvalue weighted by Crippen LogP contribution is 2.31. The van der Waals surface area contributed by atoms with Gasteiger partial charge in [0, 0.05) is 19.1 Å². The molecule has 3 unspecified atom stereocenters. The van der Waals surface area contributed by atoms with Gasteiger partial charge in [0.05, 0.1) is 12.6 Å². The van der Waals surface area contributed by atoms with E-state index in [1.54, 1.807) is 6.33 Å². The minimum atomic E-state index is -0.165. The quantitative estimate of drug-likeness (QED) is 0.852. The van der Waals surface area contributed by atoms with Crippen molar-refractivity contribution in [1.29, 1.82) is 0 Å². The van der Waals surface area contributed by atoms with Gasteiger partial charge in [0.1, 0.15) is 12.2 Å². The molecule has 5 nitrogen and oxygen atoms in total. The number of aliphatic hydroxyl groups excluding tert-OH is 1. The van der Waals surface area contributed by atoms with E-state index >= 15 is 0 Å². The van der Waals surface area contributed by atoms with Crippen LogP contribution >= 0.6 is 0 Å². The molecule has 0 radical (unpaired) electrons. The Bertz CT molecular complexity index is 405. The van der Waals surface area contributed by atoms with Gasteiger partial charge >= 0.3 is 0 Å². The summed E-state index contributed by atoms with van der Waals surface area (Å²) in [5.74, 6) is 1.81. The summed E-state index contributed by atoms with van der Waals surface area (Å²) in [5, 5.41) is 18.4. The maximum Gasteiger partial charge on any atom is 0.147 e. The second kappa shape index (κ2) is 4.97. The number of rotatable bonds is 2. The second-order valence-corrected chi connectivity index (χ2v) is 5.63. The van der Waals surface area contributed by atoms with Crippen LogP contribution in [0.2, 0.25) is 0 Å². The molecular weight excluding hydrogens is 228 g/mol. The van der Waals surface area contributed by atoms with Crippen molar-refractivity contribution in [2.45, 2.75) is 57.8 Å². The van der Waals surface area contributed by atoms with Crippen LogP contribution in [0.5, 0.6) is 0 Å². The molecule has 1 N–H and O–H groups in total. The van der Waals surface area contributed by atoms with E-state index in [1.807, 2.05) is 0 Å². The summed E-state index contributed by atoms with van der Waals surface area (Å²) in [7, 11) is 0. The van der Waals surface area contributed by atoms with E-state index < -0.39 is 0 Å². The van der Waals surface area contributed by atoms with Gasteiger partial charge in [-0.1, -0.05) is 13.3 Å². The molecule has 0 saturated heterocycles. The Kier molecular flexibility index (Phi) is 3.35. The first-order valence-electron chi connectivity index (χ1n) is 7.06. The number of hydrogen-bond acceptors (Lipinski definition) is 4. The predicted molar refractivity (Wildman–Crippen MR) is 67.9 cm³/mol. The monoisotopic (exact) mass is 250 g/mol. The molecule has 1 saturated carbocycles. The minimum absolute atomic E-state index is 0.165. The molecule has 1 aliphatic heterocycles. The first-order valence-corrected chi connectivity index (χ1v) is 7.06. The summed E-state index contributed by atoms with van der Waals surface area (Å²) in [6.07, 6.45) is 6.13. The van der Waals surface area contributed by atoms with E-state index in [-0.39, 0.29) is 6.10 Å². The van der Waals surface area contributed by atoms with Gasteiger partial charge in [-0.15, -0.1) is 10.2 Å². The van der Waals surface area contributed by atoms with E-state index in [0.717, 1.165) is 44.2 Å². The lowest BCUT2D eigenvalue weighted by molar-refractivity contribution is -0.00955. The van der Waals surface area contributed by atoms with Crippen molar-refractivity contribution in [3.8, 4) is 0 Å². The summed E-state index contributed by atoms with van der Waals surface area (Å²) in [5.41, 5.74) is 0. The Hall–Kier alpha value is -0.940. The highest BCUT2D eigenvalue weighted by atomic mass is 16.3. The van der Waals surface area contributed by atoms with Crippen LogP contribution in [-0.2, 0) is 13.1 Å². The third-order valence-electron chi connectivity index (χ3n) is 4.60. The average Bonchev–Trinajstić information content (AvgIpc) is 2.86. The largest absolute Gasteiger partial charge is 0.391 e. The van der Waals surface area contributed by atoms with Gasteiger partial charge in [-0.3, -0.25) is 4.90 Å². The summed E-state index contributed by atoms with van der Waals surface area (Å²) >= 11 is 0. The highest BCUT2D eigenvalue weighted by Gasteiger charge is 2.34. The lowest BCUT2D eigenvalue weighted by atomic mass is 9.81. The van der Waals surface area contributed by atoms with Crippen molar-refractivity contribution < 1.29 is 5.11 Å². The first-order chi connectivity index (χ1) is 8.78. The van der Waals surface area contributed by atoms with Crippen molar-refractivity contribution in [2.75, 3.05) is 6.54 Å². The van der Waals surface area contributed by atoms with E-state index in [9.17, 15) is 5.11 Å². The molecule has 1 fully saturated rings. The van der Waals surface area contributed by atoms with Crippen molar-refractivity contribution in [2.24, 2.45) is 5.92 Å². The number of fused-ring (bicyclic) bond motifs is 1. The molecule has 100 valence electrons. The third-order valence-corrected chi connectivity index (χ3v) is 4.60. The second-order valence-electron chi connectivity index (χ2n) is 5.63. The summed E-state index contributed by atoms with van der Waals surface area (Å²) < 4.78 is 2.11. The smallest absolute Gasteiger partial charge is 0.147 e. The molecule has 3 rings (SSSR count). The topological polar surface area (TPSA) is 54.2 Å². The van der Waals surface area contributed by atoms with Crippen molar-refractivity contribution in [3.63, 3.8) is 0 Å². The van der Waals surface area contributed by atoms with Gasteiger partial charge in [0.15, 0.2) is 0 Å². The maximum absolute atomic E-state index is 10.2. The zero-order valence-electron chi connectivity index (χ0n) is 11.0. The molecule has 2 aliphatic rings. The normalized spacial score (nSPS) is 33.3. The van der Waals surface area contributed by atoms with Crippen LogP contribution in [0, 0.1) is 5.92 Å². The van der Waals surface area contributed by atoms with Gasteiger partial charge in [-0.2, -0.15) is 0 Å². The number of nitrogens with zero attached hydrogens (tertiary/aromatic N) is 4. The van der Waals surface area contributed by atoms with E-state index in [1.165, 1.54) is 12.8 Å². The maximum atomic E-state index is 10.2. The minimum Gasteiger partial charge on any atom is -0.391 e. The molecule has 1 aromatic rings. The van der Waals surface area contributed by atoms with Crippen molar-refractivity contribution in [3.05, 3.63) is 12.2 Å². The fraction of sp³-hybridized carbons (Fsp3) is 0.846. The van der Waals surface area contributed by atoms with Crippen LogP contribution in [-0.4, -0.2) is 43.5 Å². The SMILES string of the molecule is CCC1CCC(O)C(N2CCn3cnnc3C2)C1. The molecular formula is C13H22N4O. The summed E-state index contributed by atoms with van der Waals surface area (Å²) in [6.45, 7) is 5.04. The fourth-order valence-corrected chi connectivity index (χ4v) is 3.35. The Morgan fingerprint density at radius 3 is 3.11 bits per heavy atom. The molecule has 5 heteroatoms. The standard InChI is InChI=1S/C13H22N4O/c1-2-10-3-4-12(18)11(7-10)16-5-6-17-9-14-15-13(17)8-16/h9-12,18H,2-8H2,1H3. The van der Waals surface area contributed by atoms with Gasteiger partial charge < -0.3 is 9.67 Å². The predicted octanol–water partition coefficient (Wildman–Crippen LogP) is 1.03. The van der Waals surface area contributed by atoms with Crippen molar-refractivity contribution >= 4 is 0 Å². The molecule has 18 heavy (non-hydrogen) atoms. The van der Waals surface area contributed by atoms with Crippen LogP contribution in [0.3, 0.4) is 0 Å². The molecule has 3 atom stereocenters. The van der Waals surface area contributed by atoms with Crippen LogP contribution in [0.1, 0.15) is 38.4 Å². The van der Waals surface area contributed by atoms with Crippen LogP contribution < -0.4 is 0 Å². The van der Waals surface area contributed by atoms with Gasteiger partial charge in [0.25, 0.3) is 0 Å². The molecule has 0 spiro atoms. The number of aromatic nitrogens is 3. The Morgan fingerprint density at radius 1 is 1.39 bits per heavy atom. The van der Waals surface area contributed by atoms with Gasteiger partial charge in [-0.05, 0) is 25.2 Å². The summed E-state index contributed by atoms with van der Waals surface area (Å²) in [6, 6.07) is 0.314. The van der Waals surface area contributed by atoms with Crippen LogP contribution in [0.15, 0.2) is 6.33 Å². The third kappa shape index (κ3) is 2.17. The molecule has 1 aliphatic carbocycles. The fourth-order valence-electron chi connectivity index (χ4n) is 3.35. The van der Waals surface area contributed by atoms with Gasteiger partial charge in [0.2, 0.25) is 0 Å². The molecule has 1 aromatic heterocycles. The first kappa shape index (κ1) is 12.1. The van der Waals surface area contributed by atoms with Gasteiger partial charge in [-0.25, -0.2) is 0 Å². The molecule has 0 bridgehead atoms. The lowest BCUT2D eigenvalue weighted by Gasteiger charge is -2.41. The molecule has 2 heterocycles. The Balaban J connectivity index is 1.71. The van der Waals surface area contributed by atoms with E-state index in [4.69, 9.17) is 0 Å². The lowest BCUT2D eigenvalue weighted by Crippen LogP contribution is -2.50. The van der Waals surface area contributed by atoms with Crippen molar-refractivity contribution in [1.82, 2.24) is 19.7 Å². The van der Waals surface area contributed by atoms with E-state index in [0.29, 0.717) is 6.04 Å². The van der Waals surface area contributed by atoms with Crippen LogP contribution in [0.4, 0.5) is 0 Å². The zero-order valence-corrected chi connectivity index (χ0v) is 11.0. The number of hydrogen-bond donors (Lipinski definition) is 1. The zero-order chi connectivity index (χ0) is 12.5. The van der Waals surface area contributed by atoms with E-state index in [2.05, 4.69) is 26.6 Å². The van der Waals surface area contributed by atoms with Crippen LogP contribution in [0.25, 0.3) is 0 Å². The molecule has 0 aromatic carbocycles. The average molecular weight is 250 g/mol. The molecule has 0 amide bonds. The summed E-state index contributed by atoms with van der Waals surface area (Å²) in [4.78, 5) is 2.40.